The van der Waals surface area contributed by atoms with Crippen LogP contribution in [0, 0.1) is 0 Å². The summed E-state index contributed by atoms with van der Waals surface area (Å²) in [5, 5.41) is 1.91. The van der Waals surface area contributed by atoms with E-state index in [1.807, 2.05) is 46.7 Å². The molecular formula is C23H28N2O5S. The number of hydrogen-bond acceptors (Lipinski definition) is 7. The Labute approximate surface area is 186 Å². The van der Waals surface area contributed by atoms with E-state index in [1.54, 1.807) is 21.3 Å². The van der Waals surface area contributed by atoms with Crippen molar-refractivity contribution in [3.8, 4) is 5.75 Å². The van der Waals surface area contributed by atoms with E-state index in [9.17, 15) is 9.59 Å². The summed E-state index contributed by atoms with van der Waals surface area (Å²) in [7, 11) is 4.85. The summed E-state index contributed by atoms with van der Waals surface area (Å²) in [5.41, 5.74) is 1.92. The van der Waals surface area contributed by atoms with Gasteiger partial charge in [-0.25, -0.2) is 0 Å². The first-order chi connectivity index (χ1) is 15.1. The molecular weight excluding hydrogens is 416 g/mol. The monoisotopic (exact) mass is 444 g/mol. The fraction of sp³-hybridized carbons (Fsp3) is 0.391. The van der Waals surface area contributed by atoms with Gasteiger partial charge in [-0.2, -0.15) is 0 Å². The number of nitrogens with zero attached hydrogens (tertiary/aromatic N) is 2. The van der Waals surface area contributed by atoms with E-state index >= 15 is 0 Å². The molecule has 0 spiro atoms. The number of methoxy groups -OCH3 is 3. The minimum absolute atomic E-state index is 0.254. The Bertz CT molecular complexity index is 901. The van der Waals surface area contributed by atoms with Crippen molar-refractivity contribution in [2.75, 3.05) is 54.2 Å². The number of carbonyl (C=O) groups is 2. The van der Waals surface area contributed by atoms with Crippen LogP contribution >= 0.6 is 11.3 Å². The predicted octanol–water partition coefficient (Wildman–Crippen LogP) is 2.67. The predicted molar refractivity (Wildman–Crippen MR) is 120 cm³/mol. The van der Waals surface area contributed by atoms with E-state index < -0.39 is 0 Å². The average molecular weight is 445 g/mol. The van der Waals surface area contributed by atoms with E-state index in [1.165, 1.54) is 16.2 Å². The van der Waals surface area contributed by atoms with Crippen molar-refractivity contribution in [1.29, 1.82) is 0 Å². The van der Waals surface area contributed by atoms with Crippen LogP contribution in [-0.4, -0.2) is 75.8 Å². The largest absolute Gasteiger partial charge is 0.497 e. The lowest BCUT2D eigenvalue weighted by Gasteiger charge is -2.25. The van der Waals surface area contributed by atoms with Crippen molar-refractivity contribution in [2.45, 2.75) is 6.42 Å². The molecule has 166 valence electrons. The van der Waals surface area contributed by atoms with E-state index in [0.29, 0.717) is 50.5 Å². The maximum Gasteiger partial charge on any atom is 0.277 e. The molecule has 0 N–H and O–H groups in total. The van der Waals surface area contributed by atoms with Gasteiger partial charge < -0.3 is 19.1 Å². The Morgan fingerprint density at radius 3 is 2.16 bits per heavy atom. The molecule has 2 amide bonds. The zero-order valence-corrected chi connectivity index (χ0v) is 18.9. The molecule has 0 unspecified atom stereocenters. The number of thiophene rings is 1. The molecule has 0 fully saturated rings. The maximum atomic E-state index is 13.4. The Kier molecular flexibility index (Phi) is 8.22. The number of amides is 2. The molecule has 1 aliphatic rings. The highest BCUT2D eigenvalue weighted by Crippen LogP contribution is 2.34. The summed E-state index contributed by atoms with van der Waals surface area (Å²) in [6, 6.07) is 11.4. The first-order valence-electron chi connectivity index (χ1n) is 10.1. The lowest BCUT2D eigenvalue weighted by Crippen LogP contribution is -2.38. The highest BCUT2D eigenvalue weighted by atomic mass is 32.1. The number of carbonyl (C=O) groups excluding carboxylic acids is 2. The van der Waals surface area contributed by atoms with Gasteiger partial charge in [0.1, 0.15) is 11.4 Å². The fourth-order valence-corrected chi connectivity index (χ4v) is 4.24. The third kappa shape index (κ3) is 5.33. The molecule has 0 saturated heterocycles. The van der Waals surface area contributed by atoms with Gasteiger partial charge in [0.15, 0.2) is 0 Å². The molecule has 3 rings (SSSR count). The minimum Gasteiger partial charge on any atom is -0.497 e. The molecule has 0 bridgehead atoms. The summed E-state index contributed by atoms with van der Waals surface area (Å²) >= 11 is 1.45. The van der Waals surface area contributed by atoms with E-state index in [-0.39, 0.29) is 11.8 Å². The van der Waals surface area contributed by atoms with Crippen molar-refractivity contribution >= 4 is 28.7 Å². The zero-order valence-electron chi connectivity index (χ0n) is 18.1. The number of rotatable bonds is 12. The van der Waals surface area contributed by atoms with Crippen LogP contribution in [0.3, 0.4) is 0 Å². The summed E-state index contributed by atoms with van der Waals surface area (Å²) < 4.78 is 15.6. The van der Waals surface area contributed by atoms with E-state index in [4.69, 9.17) is 14.2 Å². The van der Waals surface area contributed by atoms with Gasteiger partial charge in [0.25, 0.3) is 11.8 Å². The number of hydrogen-bond donors (Lipinski definition) is 0. The quantitative estimate of drug-likeness (QED) is 0.469. The van der Waals surface area contributed by atoms with Crippen LogP contribution in [0.25, 0.3) is 5.57 Å². The Morgan fingerprint density at radius 1 is 0.935 bits per heavy atom. The van der Waals surface area contributed by atoms with Gasteiger partial charge in [-0.05, 0) is 35.6 Å². The van der Waals surface area contributed by atoms with Gasteiger partial charge in [0.2, 0.25) is 0 Å². The SMILES string of the molecule is COCCN(CCOC)C1=C(c2cccs2)C(=O)N(CCc2ccc(OC)cc2)C1=O. The van der Waals surface area contributed by atoms with Gasteiger partial charge in [0, 0.05) is 38.7 Å². The van der Waals surface area contributed by atoms with Crippen LogP contribution in [0.15, 0.2) is 47.5 Å². The highest BCUT2D eigenvalue weighted by Gasteiger charge is 2.41. The number of imide groups is 1. The van der Waals surface area contributed by atoms with Crippen LogP contribution in [-0.2, 0) is 25.5 Å². The number of benzene rings is 1. The molecule has 0 aliphatic carbocycles. The van der Waals surface area contributed by atoms with Gasteiger partial charge in [0.05, 0.1) is 25.9 Å². The Hall–Kier alpha value is -2.68. The third-order valence-corrected chi connectivity index (χ3v) is 6.03. The second-order valence-corrected chi connectivity index (χ2v) is 7.98. The second-order valence-electron chi connectivity index (χ2n) is 7.03. The van der Waals surface area contributed by atoms with Crippen molar-refractivity contribution < 1.29 is 23.8 Å². The van der Waals surface area contributed by atoms with Crippen molar-refractivity contribution in [3.05, 3.63) is 57.9 Å². The lowest BCUT2D eigenvalue weighted by molar-refractivity contribution is -0.137. The molecule has 8 heteroatoms. The van der Waals surface area contributed by atoms with Gasteiger partial charge >= 0.3 is 0 Å². The van der Waals surface area contributed by atoms with E-state index in [2.05, 4.69) is 0 Å². The zero-order chi connectivity index (χ0) is 22.2. The Morgan fingerprint density at radius 2 is 1.61 bits per heavy atom. The van der Waals surface area contributed by atoms with E-state index in [0.717, 1.165) is 16.2 Å². The molecule has 0 radical (unpaired) electrons. The van der Waals surface area contributed by atoms with Crippen LogP contribution in [0.5, 0.6) is 5.75 Å². The van der Waals surface area contributed by atoms with Crippen LogP contribution in [0.2, 0.25) is 0 Å². The molecule has 0 saturated carbocycles. The fourth-order valence-electron chi connectivity index (χ4n) is 3.47. The summed E-state index contributed by atoms with van der Waals surface area (Å²) in [5.74, 6) is 0.248. The third-order valence-electron chi connectivity index (χ3n) is 5.14. The molecule has 0 atom stereocenters. The molecule has 2 heterocycles. The molecule has 2 aromatic rings. The van der Waals surface area contributed by atoms with Crippen molar-refractivity contribution in [2.24, 2.45) is 0 Å². The average Bonchev–Trinajstić information content (AvgIpc) is 3.40. The summed E-state index contributed by atoms with van der Waals surface area (Å²) in [6.07, 6.45) is 0.572. The molecule has 31 heavy (non-hydrogen) atoms. The van der Waals surface area contributed by atoms with Crippen molar-refractivity contribution in [1.82, 2.24) is 9.80 Å². The number of ether oxygens (including phenoxy) is 3. The first-order valence-corrected chi connectivity index (χ1v) is 11.0. The van der Waals surface area contributed by atoms with Crippen molar-refractivity contribution in [3.63, 3.8) is 0 Å². The minimum atomic E-state index is -0.269. The van der Waals surface area contributed by atoms with Gasteiger partial charge in [-0.3, -0.25) is 14.5 Å². The summed E-state index contributed by atoms with van der Waals surface area (Å²) in [6.45, 7) is 2.19. The maximum absolute atomic E-state index is 13.4. The van der Waals surface area contributed by atoms with Gasteiger partial charge in [-0.15, -0.1) is 11.3 Å². The molecule has 1 aromatic carbocycles. The molecule has 1 aliphatic heterocycles. The first kappa shape index (κ1) is 23.0. The molecule has 1 aromatic heterocycles. The smallest absolute Gasteiger partial charge is 0.277 e. The lowest BCUT2D eigenvalue weighted by atomic mass is 10.1. The van der Waals surface area contributed by atoms with Crippen LogP contribution in [0.1, 0.15) is 10.4 Å². The van der Waals surface area contributed by atoms with Crippen LogP contribution < -0.4 is 4.74 Å². The van der Waals surface area contributed by atoms with Gasteiger partial charge in [-0.1, -0.05) is 18.2 Å². The summed E-state index contributed by atoms with van der Waals surface area (Å²) in [4.78, 5) is 30.8. The standard InChI is InChI=1S/C23H28N2O5S/c1-28-14-12-24(13-15-29-2)21-20(19-5-4-16-31-19)22(26)25(23(21)27)11-10-17-6-8-18(30-3)9-7-17/h4-9,16H,10-15H2,1-3H3. The second kappa shape index (κ2) is 11.1. The highest BCUT2D eigenvalue weighted by molar-refractivity contribution is 7.11. The molecule has 7 nitrogen and oxygen atoms in total. The normalized spacial score (nSPS) is 14.0. The topological polar surface area (TPSA) is 68.3 Å². The Balaban J connectivity index is 1.86. The van der Waals surface area contributed by atoms with Crippen LogP contribution in [0.4, 0.5) is 0 Å².